The Morgan fingerprint density at radius 3 is 2.63 bits per heavy atom. The SMILES string of the molecule is Cc1nc(Cl)c(C)c(Oc2ccccc2[N+](=O)[O-])n1. The summed E-state index contributed by atoms with van der Waals surface area (Å²) in [6.07, 6.45) is 0. The third kappa shape index (κ3) is 2.79. The first kappa shape index (κ1) is 13.2. The zero-order valence-electron chi connectivity index (χ0n) is 10.3. The van der Waals surface area contributed by atoms with Crippen LogP contribution in [-0.4, -0.2) is 14.9 Å². The smallest absolute Gasteiger partial charge is 0.311 e. The van der Waals surface area contributed by atoms with E-state index in [1.54, 1.807) is 26.0 Å². The summed E-state index contributed by atoms with van der Waals surface area (Å²) >= 11 is 5.92. The van der Waals surface area contributed by atoms with Crippen LogP contribution in [0.1, 0.15) is 11.4 Å². The van der Waals surface area contributed by atoms with Gasteiger partial charge in [0.05, 0.1) is 4.92 Å². The van der Waals surface area contributed by atoms with Crippen LogP contribution in [-0.2, 0) is 0 Å². The molecule has 0 aliphatic carbocycles. The summed E-state index contributed by atoms with van der Waals surface area (Å²) < 4.78 is 5.49. The van der Waals surface area contributed by atoms with E-state index in [4.69, 9.17) is 16.3 Å². The Labute approximate surface area is 114 Å². The topological polar surface area (TPSA) is 78.2 Å². The summed E-state index contributed by atoms with van der Waals surface area (Å²) in [4.78, 5) is 18.4. The van der Waals surface area contributed by atoms with Crippen molar-refractivity contribution in [1.29, 1.82) is 0 Å². The van der Waals surface area contributed by atoms with Gasteiger partial charge in [-0.25, -0.2) is 4.98 Å². The van der Waals surface area contributed by atoms with Gasteiger partial charge in [0.15, 0.2) is 0 Å². The number of aryl methyl sites for hydroxylation is 1. The molecule has 0 aliphatic rings. The number of nitro groups is 1. The highest BCUT2D eigenvalue weighted by atomic mass is 35.5. The van der Waals surface area contributed by atoms with E-state index < -0.39 is 4.92 Å². The maximum atomic E-state index is 10.9. The van der Waals surface area contributed by atoms with Gasteiger partial charge >= 0.3 is 5.69 Å². The molecule has 0 amide bonds. The van der Waals surface area contributed by atoms with Gasteiger partial charge in [0, 0.05) is 11.6 Å². The van der Waals surface area contributed by atoms with E-state index in [-0.39, 0.29) is 22.5 Å². The lowest BCUT2D eigenvalue weighted by Crippen LogP contribution is -1.99. The number of benzene rings is 1. The van der Waals surface area contributed by atoms with Gasteiger partial charge in [-0.05, 0) is 19.9 Å². The Bertz CT molecular complexity index is 646. The first-order valence-electron chi connectivity index (χ1n) is 5.41. The van der Waals surface area contributed by atoms with Crippen LogP contribution >= 0.6 is 11.6 Å². The van der Waals surface area contributed by atoms with Gasteiger partial charge < -0.3 is 4.74 Å². The molecule has 7 heteroatoms. The van der Waals surface area contributed by atoms with E-state index in [1.165, 1.54) is 12.1 Å². The van der Waals surface area contributed by atoms with E-state index in [2.05, 4.69) is 9.97 Å². The number of hydrogen-bond donors (Lipinski definition) is 0. The number of nitro benzene ring substituents is 1. The predicted octanol–water partition coefficient (Wildman–Crippen LogP) is 3.45. The number of nitrogens with zero attached hydrogens (tertiary/aromatic N) is 3. The van der Waals surface area contributed by atoms with Crippen LogP contribution in [0.5, 0.6) is 11.6 Å². The van der Waals surface area contributed by atoms with Gasteiger partial charge in [-0.1, -0.05) is 23.7 Å². The molecule has 0 radical (unpaired) electrons. The van der Waals surface area contributed by atoms with Crippen molar-refractivity contribution < 1.29 is 9.66 Å². The fourth-order valence-corrected chi connectivity index (χ4v) is 1.67. The quantitative estimate of drug-likeness (QED) is 0.488. The Morgan fingerprint density at radius 2 is 1.95 bits per heavy atom. The monoisotopic (exact) mass is 279 g/mol. The summed E-state index contributed by atoms with van der Waals surface area (Å²) in [7, 11) is 0. The molecule has 0 N–H and O–H groups in total. The molecule has 0 saturated heterocycles. The molecule has 0 fully saturated rings. The highest BCUT2D eigenvalue weighted by Crippen LogP contribution is 2.32. The van der Waals surface area contributed by atoms with Crippen molar-refractivity contribution >= 4 is 17.3 Å². The van der Waals surface area contributed by atoms with Gasteiger partial charge in [-0.2, -0.15) is 4.98 Å². The van der Waals surface area contributed by atoms with E-state index in [0.29, 0.717) is 11.4 Å². The zero-order chi connectivity index (χ0) is 14.0. The maximum Gasteiger partial charge on any atom is 0.311 e. The van der Waals surface area contributed by atoms with Crippen LogP contribution in [0.3, 0.4) is 0 Å². The average molecular weight is 280 g/mol. The minimum atomic E-state index is -0.514. The van der Waals surface area contributed by atoms with Gasteiger partial charge in [0.1, 0.15) is 11.0 Å². The van der Waals surface area contributed by atoms with Crippen LogP contribution in [0.15, 0.2) is 24.3 Å². The van der Waals surface area contributed by atoms with Gasteiger partial charge in [-0.3, -0.25) is 10.1 Å². The summed E-state index contributed by atoms with van der Waals surface area (Å²) in [6.45, 7) is 3.35. The minimum absolute atomic E-state index is 0.116. The largest absolute Gasteiger partial charge is 0.431 e. The van der Waals surface area contributed by atoms with Crippen LogP contribution < -0.4 is 4.74 Å². The van der Waals surface area contributed by atoms with Gasteiger partial charge in [0.2, 0.25) is 11.6 Å². The fourth-order valence-electron chi connectivity index (χ4n) is 1.47. The second-order valence-electron chi connectivity index (χ2n) is 3.82. The van der Waals surface area contributed by atoms with Crippen molar-refractivity contribution in [3.8, 4) is 11.6 Å². The van der Waals surface area contributed by atoms with Gasteiger partial charge in [-0.15, -0.1) is 0 Å². The molecule has 2 aromatic rings. The highest BCUT2D eigenvalue weighted by molar-refractivity contribution is 6.30. The Balaban J connectivity index is 2.45. The standard InChI is InChI=1S/C12H10ClN3O3/c1-7-11(13)14-8(2)15-12(7)19-10-6-4-3-5-9(10)16(17)18/h3-6H,1-2H3. The van der Waals surface area contributed by atoms with Crippen molar-refractivity contribution in [3.63, 3.8) is 0 Å². The number of hydrogen-bond acceptors (Lipinski definition) is 5. The fraction of sp³-hybridized carbons (Fsp3) is 0.167. The van der Waals surface area contributed by atoms with E-state index in [0.717, 1.165) is 0 Å². The number of halogens is 1. The van der Waals surface area contributed by atoms with Crippen LogP contribution in [0.4, 0.5) is 5.69 Å². The molecule has 0 unspecified atom stereocenters. The molecule has 1 aromatic carbocycles. The van der Waals surface area contributed by atoms with E-state index in [1.807, 2.05) is 0 Å². The van der Waals surface area contributed by atoms with Crippen LogP contribution in [0.25, 0.3) is 0 Å². The number of rotatable bonds is 3. The lowest BCUT2D eigenvalue weighted by molar-refractivity contribution is -0.385. The van der Waals surface area contributed by atoms with Crippen molar-refractivity contribution in [2.45, 2.75) is 13.8 Å². The van der Waals surface area contributed by atoms with Gasteiger partial charge in [0.25, 0.3) is 0 Å². The molecule has 6 nitrogen and oxygen atoms in total. The van der Waals surface area contributed by atoms with Crippen molar-refractivity contribution in [2.24, 2.45) is 0 Å². The van der Waals surface area contributed by atoms with E-state index >= 15 is 0 Å². The second kappa shape index (κ2) is 5.19. The molecule has 1 aromatic heterocycles. The summed E-state index contributed by atoms with van der Waals surface area (Å²) in [5, 5.41) is 11.2. The third-order valence-electron chi connectivity index (χ3n) is 2.42. The van der Waals surface area contributed by atoms with Crippen LogP contribution in [0, 0.1) is 24.0 Å². The van der Waals surface area contributed by atoms with Crippen molar-refractivity contribution in [3.05, 3.63) is 50.9 Å². The molecule has 0 spiro atoms. The summed E-state index contributed by atoms with van der Waals surface area (Å²) in [6, 6.07) is 6.08. The third-order valence-corrected chi connectivity index (χ3v) is 2.79. The molecule has 0 saturated carbocycles. The highest BCUT2D eigenvalue weighted by Gasteiger charge is 2.17. The maximum absolute atomic E-state index is 10.9. The van der Waals surface area contributed by atoms with E-state index in [9.17, 15) is 10.1 Å². The molecule has 0 bridgehead atoms. The average Bonchev–Trinajstić information content (AvgIpc) is 2.35. The zero-order valence-corrected chi connectivity index (χ0v) is 11.0. The Hall–Kier alpha value is -2.21. The lowest BCUT2D eigenvalue weighted by Gasteiger charge is -2.09. The summed E-state index contributed by atoms with van der Waals surface area (Å²) in [5.41, 5.74) is 0.403. The van der Waals surface area contributed by atoms with Crippen molar-refractivity contribution in [1.82, 2.24) is 9.97 Å². The van der Waals surface area contributed by atoms with Crippen LogP contribution in [0.2, 0.25) is 5.15 Å². The second-order valence-corrected chi connectivity index (χ2v) is 4.18. The minimum Gasteiger partial charge on any atom is -0.431 e. The molecule has 1 heterocycles. The number of para-hydroxylation sites is 2. The number of ether oxygens (including phenoxy) is 1. The summed E-state index contributed by atoms with van der Waals surface area (Å²) in [5.74, 6) is 0.765. The molecule has 98 valence electrons. The Morgan fingerprint density at radius 1 is 1.26 bits per heavy atom. The predicted molar refractivity (Wildman–Crippen MR) is 69.7 cm³/mol. The molecule has 19 heavy (non-hydrogen) atoms. The van der Waals surface area contributed by atoms with Crippen molar-refractivity contribution in [2.75, 3.05) is 0 Å². The molecular formula is C12H10ClN3O3. The number of aromatic nitrogens is 2. The normalized spacial score (nSPS) is 10.3. The first-order chi connectivity index (χ1) is 8.99. The Kier molecular flexibility index (Phi) is 3.62. The first-order valence-corrected chi connectivity index (χ1v) is 5.79. The molecule has 0 atom stereocenters. The molecule has 2 rings (SSSR count). The molecular weight excluding hydrogens is 270 g/mol. The molecule has 0 aliphatic heterocycles. The lowest BCUT2D eigenvalue weighted by atomic mass is 10.3.